The van der Waals surface area contributed by atoms with E-state index in [0.29, 0.717) is 25.4 Å². The highest BCUT2D eigenvalue weighted by Gasteiger charge is 2.34. The number of halogens is 3. The molecule has 0 bridgehead atoms. The summed E-state index contributed by atoms with van der Waals surface area (Å²) in [6, 6.07) is 5.28. The van der Waals surface area contributed by atoms with Crippen LogP contribution < -0.4 is 4.90 Å². The number of benzene rings is 1. The van der Waals surface area contributed by atoms with E-state index in [-0.39, 0.29) is 11.7 Å². The summed E-state index contributed by atoms with van der Waals surface area (Å²) in [5.74, 6) is 0. The van der Waals surface area contributed by atoms with Crippen molar-refractivity contribution in [3.8, 4) is 6.07 Å². The molecule has 1 aliphatic rings. The molecular formula is C16H15F3N4O. The van der Waals surface area contributed by atoms with Crippen LogP contribution in [-0.4, -0.2) is 29.5 Å². The number of nitriles is 1. The lowest BCUT2D eigenvalue weighted by atomic mass is 10.1. The van der Waals surface area contributed by atoms with Crippen molar-refractivity contribution < 1.29 is 17.9 Å². The van der Waals surface area contributed by atoms with Crippen molar-refractivity contribution >= 4 is 5.69 Å². The van der Waals surface area contributed by atoms with Gasteiger partial charge < -0.3 is 9.64 Å². The Kier molecular flexibility index (Phi) is 4.20. The topological polar surface area (TPSA) is 54.1 Å². The molecular weight excluding hydrogens is 321 g/mol. The Morgan fingerprint density at radius 2 is 2.17 bits per heavy atom. The van der Waals surface area contributed by atoms with Crippen molar-refractivity contribution in [1.82, 2.24) is 9.78 Å². The molecule has 0 spiro atoms. The van der Waals surface area contributed by atoms with E-state index < -0.39 is 11.7 Å². The number of aromatic nitrogens is 2. The second kappa shape index (κ2) is 6.17. The van der Waals surface area contributed by atoms with Crippen LogP contribution in [0.3, 0.4) is 0 Å². The third-order valence-corrected chi connectivity index (χ3v) is 3.96. The van der Waals surface area contributed by atoms with Crippen molar-refractivity contribution in [3.63, 3.8) is 0 Å². The van der Waals surface area contributed by atoms with Gasteiger partial charge in [-0.3, -0.25) is 4.68 Å². The molecule has 0 amide bonds. The maximum absolute atomic E-state index is 12.9. The summed E-state index contributed by atoms with van der Waals surface area (Å²) < 4.78 is 46.1. The molecule has 0 radical (unpaired) electrons. The van der Waals surface area contributed by atoms with Gasteiger partial charge in [0.15, 0.2) is 0 Å². The number of rotatable bonds is 2. The Morgan fingerprint density at radius 1 is 1.38 bits per heavy atom. The van der Waals surface area contributed by atoms with E-state index in [4.69, 9.17) is 10.00 Å². The summed E-state index contributed by atoms with van der Waals surface area (Å²) in [4.78, 5) is 1.92. The predicted octanol–water partition coefficient (Wildman–Crippen LogP) is 2.89. The summed E-state index contributed by atoms with van der Waals surface area (Å²) in [5, 5.41) is 13.1. The van der Waals surface area contributed by atoms with Crippen molar-refractivity contribution in [3.05, 3.63) is 47.3 Å². The number of ether oxygens (including phenoxy) is 1. The summed E-state index contributed by atoms with van der Waals surface area (Å²) >= 11 is 0. The van der Waals surface area contributed by atoms with Gasteiger partial charge in [0.2, 0.25) is 0 Å². The minimum Gasteiger partial charge on any atom is -0.370 e. The van der Waals surface area contributed by atoms with Crippen LogP contribution in [0.4, 0.5) is 18.9 Å². The first-order valence-corrected chi connectivity index (χ1v) is 7.35. The fourth-order valence-corrected chi connectivity index (χ4v) is 2.76. The van der Waals surface area contributed by atoms with Gasteiger partial charge in [0.25, 0.3) is 0 Å². The van der Waals surface area contributed by atoms with Crippen LogP contribution in [0.25, 0.3) is 0 Å². The minimum atomic E-state index is -4.53. The van der Waals surface area contributed by atoms with Gasteiger partial charge in [0.1, 0.15) is 6.10 Å². The summed E-state index contributed by atoms with van der Waals surface area (Å²) in [5.41, 5.74) is 0.210. The molecule has 0 unspecified atom stereocenters. The number of anilines is 1. The van der Waals surface area contributed by atoms with Crippen LogP contribution in [-0.2, 0) is 18.0 Å². The second-order valence-electron chi connectivity index (χ2n) is 5.59. The highest BCUT2D eigenvalue weighted by molar-refractivity contribution is 5.55. The minimum absolute atomic E-state index is 0.208. The zero-order valence-electron chi connectivity index (χ0n) is 12.9. The average molecular weight is 336 g/mol. The summed E-state index contributed by atoms with van der Waals surface area (Å²) in [7, 11) is 1.80. The average Bonchev–Trinajstić information content (AvgIpc) is 3.00. The third-order valence-electron chi connectivity index (χ3n) is 3.96. The Bertz CT molecular complexity index is 778. The van der Waals surface area contributed by atoms with Gasteiger partial charge in [-0.25, -0.2) is 0 Å². The number of morpholine rings is 1. The molecule has 24 heavy (non-hydrogen) atoms. The van der Waals surface area contributed by atoms with E-state index in [1.165, 1.54) is 12.1 Å². The fourth-order valence-electron chi connectivity index (χ4n) is 2.76. The Labute approximate surface area is 136 Å². The fraction of sp³-hybridized carbons (Fsp3) is 0.375. The van der Waals surface area contributed by atoms with Crippen LogP contribution >= 0.6 is 0 Å². The quantitative estimate of drug-likeness (QED) is 0.846. The van der Waals surface area contributed by atoms with Crippen LogP contribution in [0.1, 0.15) is 22.8 Å². The molecule has 1 aliphatic heterocycles. The highest BCUT2D eigenvalue weighted by atomic mass is 19.4. The standard InChI is InChI=1S/C16H15F3N4O/c1-22-9-12(8-21-22)15-10-23(4-5-24-15)13-2-3-14(16(17,18)19)11(6-13)7-20/h2-3,6,8-9,15H,4-5,10H2,1H3/t15-/m0/s1. The molecule has 1 aromatic carbocycles. The Balaban J connectivity index is 1.85. The lowest BCUT2D eigenvalue weighted by Crippen LogP contribution is -2.38. The number of aryl methyl sites for hydroxylation is 1. The van der Waals surface area contributed by atoms with Crippen molar-refractivity contribution in [2.24, 2.45) is 7.05 Å². The zero-order chi connectivity index (χ0) is 17.3. The third kappa shape index (κ3) is 3.21. The molecule has 126 valence electrons. The lowest BCUT2D eigenvalue weighted by Gasteiger charge is -2.34. The smallest absolute Gasteiger partial charge is 0.370 e. The summed E-state index contributed by atoms with van der Waals surface area (Å²) in [6.45, 7) is 1.48. The van der Waals surface area contributed by atoms with Gasteiger partial charge >= 0.3 is 6.18 Å². The van der Waals surface area contributed by atoms with Gasteiger partial charge in [-0.1, -0.05) is 0 Å². The molecule has 1 saturated heterocycles. The molecule has 1 aromatic heterocycles. The number of hydrogen-bond acceptors (Lipinski definition) is 4. The van der Waals surface area contributed by atoms with Crippen LogP contribution in [0.15, 0.2) is 30.6 Å². The molecule has 0 aliphatic carbocycles. The molecule has 8 heteroatoms. The summed E-state index contributed by atoms with van der Waals surface area (Å²) in [6.07, 6.45) is -1.18. The molecule has 1 atom stereocenters. The molecule has 0 N–H and O–H groups in total. The highest BCUT2D eigenvalue weighted by Crippen LogP contribution is 2.34. The lowest BCUT2D eigenvalue weighted by molar-refractivity contribution is -0.137. The van der Waals surface area contributed by atoms with Gasteiger partial charge in [-0.05, 0) is 18.2 Å². The first-order chi connectivity index (χ1) is 11.4. The van der Waals surface area contributed by atoms with Crippen molar-refractivity contribution in [2.75, 3.05) is 24.6 Å². The molecule has 1 fully saturated rings. The number of hydrogen-bond donors (Lipinski definition) is 0. The van der Waals surface area contributed by atoms with Crippen LogP contribution in [0.5, 0.6) is 0 Å². The van der Waals surface area contributed by atoms with Gasteiger partial charge in [-0.2, -0.15) is 23.5 Å². The van der Waals surface area contributed by atoms with E-state index in [0.717, 1.165) is 11.6 Å². The van der Waals surface area contributed by atoms with Gasteiger partial charge in [-0.15, -0.1) is 0 Å². The first kappa shape index (κ1) is 16.3. The first-order valence-electron chi connectivity index (χ1n) is 7.35. The number of nitrogens with zero attached hydrogens (tertiary/aromatic N) is 4. The van der Waals surface area contributed by atoms with Gasteiger partial charge in [0, 0.05) is 37.6 Å². The van der Waals surface area contributed by atoms with E-state index in [2.05, 4.69) is 5.10 Å². The van der Waals surface area contributed by atoms with E-state index in [1.54, 1.807) is 24.0 Å². The zero-order valence-corrected chi connectivity index (χ0v) is 12.9. The Hall–Kier alpha value is -2.53. The van der Waals surface area contributed by atoms with Gasteiger partial charge in [0.05, 0.1) is 30.0 Å². The molecule has 2 aromatic rings. The molecule has 0 saturated carbocycles. The van der Waals surface area contributed by atoms with Crippen LogP contribution in [0.2, 0.25) is 0 Å². The van der Waals surface area contributed by atoms with Crippen molar-refractivity contribution in [2.45, 2.75) is 12.3 Å². The Morgan fingerprint density at radius 3 is 2.79 bits per heavy atom. The molecule has 2 heterocycles. The van der Waals surface area contributed by atoms with Crippen molar-refractivity contribution in [1.29, 1.82) is 5.26 Å². The van der Waals surface area contributed by atoms with E-state index in [9.17, 15) is 13.2 Å². The van der Waals surface area contributed by atoms with E-state index >= 15 is 0 Å². The molecule has 5 nitrogen and oxygen atoms in total. The van der Waals surface area contributed by atoms with Crippen LogP contribution in [0, 0.1) is 11.3 Å². The maximum atomic E-state index is 12.9. The normalized spacial score (nSPS) is 18.5. The van der Waals surface area contributed by atoms with E-state index in [1.807, 2.05) is 11.1 Å². The maximum Gasteiger partial charge on any atom is 0.417 e. The largest absolute Gasteiger partial charge is 0.417 e. The predicted molar refractivity (Wildman–Crippen MR) is 80.3 cm³/mol. The monoisotopic (exact) mass is 336 g/mol. The SMILES string of the molecule is Cn1cc([C@@H]2CN(c3ccc(C(F)(F)F)c(C#N)c3)CCO2)cn1. The molecule has 3 rings (SSSR count). The second-order valence-corrected chi connectivity index (χ2v) is 5.59. The number of alkyl halides is 3.